The summed E-state index contributed by atoms with van der Waals surface area (Å²) in [5, 5.41) is 22.5. The first kappa shape index (κ1) is 21.8. The normalized spacial score (nSPS) is 15.8. The Kier molecular flexibility index (Phi) is 6.09. The molecule has 1 aliphatic heterocycles. The van der Waals surface area contributed by atoms with E-state index in [1.54, 1.807) is 22.3 Å². The first-order chi connectivity index (χ1) is 15.3. The average Bonchev–Trinajstić information content (AvgIpc) is 3.36. The van der Waals surface area contributed by atoms with Crippen molar-refractivity contribution in [3.63, 3.8) is 0 Å². The number of carbonyl (C=O) groups excluding carboxylic acids is 1. The molecule has 9 heteroatoms. The van der Waals surface area contributed by atoms with Crippen molar-refractivity contribution in [2.75, 3.05) is 6.54 Å². The number of rotatable bonds is 7. The molecule has 2 N–H and O–H groups in total. The molecule has 166 valence electrons. The molecule has 1 aliphatic rings. The van der Waals surface area contributed by atoms with Crippen LogP contribution in [0.5, 0.6) is 11.5 Å². The van der Waals surface area contributed by atoms with Gasteiger partial charge in [0, 0.05) is 29.6 Å². The molecule has 1 unspecified atom stereocenters. The standard InChI is InChI=1S/C23H24N4O4S/c1-13(2)20-25-26-21(32-20)15-6-8-18(9-7-15)31-19-10-16(22(28)29)4-5-17(19)12-27-11-14(3)24-23(27)30/h4-10,13-14H,11-12H2,1-3H3,(H,24,30)(H,28,29). The van der Waals surface area contributed by atoms with Crippen molar-refractivity contribution in [2.45, 2.75) is 39.3 Å². The highest BCUT2D eigenvalue weighted by atomic mass is 32.1. The third-order valence-electron chi connectivity index (χ3n) is 5.09. The number of aromatic nitrogens is 2. The molecular formula is C23H24N4O4S. The first-order valence-corrected chi connectivity index (χ1v) is 11.1. The van der Waals surface area contributed by atoms with Gasteiger partial charge in [-0.1, -0.05) is 31.3 Å². The van der Waals surface area contributed by atoms with Crippen molar-refractivity contribution < 1.29 is 19.4 Å². The number of nitrogens with one attached hydrogen (secondary N) is 1. The quantitative estimate of drug-likeness (QED) is 0.537. The smallest absolute Gasteiger partial charge is 0.335 e. The molecule has 0 radical (unpaired) electrons. The molecule has 0 spiro atoms. The molecule has 1 atom stereocenters. The number of hydrogen-bond donors (Lipinski definition) is 2. The van der Waals surface area contributed by atoms with Gasteiger partial charge in [-0.15, -0.1) is 10.2 Å². The van der Waals surface area contributed by atoms with Gasteiger partial charge >= 0.3 is 12.0 Å². The lowest BCUT2D eigenvalue weighted by atomic mass is 10.1. The highest BCUT2D eigenvalue weighted by Gasteiger charge is 2.26. The van der Waals surface area contributed by atoms with Crippen LogP contribution in [0.15, 0.2) is 42.5 Å². The lowest BCUT2D eigenvalue weighted by molar-refractivity contribution is 0.0696. The Balaban J connectivity index is 1.57. The van der Waals surface area contributed by atoms with Gasteiger partial charge in [0.15, 0.2) is 0 Å². The fourth-order valence-corrected chi connectivity index (χ4v) is 4.24. The van der Waals surface area contributed by atoms with E-state index in [0.717, 1.165) is 21.1 Å². The van der Waals surface area contributed by atoms with E-state index in [9.17, 15) is 14.7 Å². The van der Waals surface area contributed by atoms with Gasteiger partial charge in [-0.25, -0.2) is 9.59 Å². The van der Waals surface area contributed by atoms with Crippen LogP contribution in [0.1, 0.15) is 47.6 Å². The lowest BCUT2D eigenvalue weighted by Gasteiger charge is -2.18. The number of aromatic carboxylic acids is 1. The number of carboxylic acids is 1. The zero-order valence-electron chi connectivity index (χ0n) is 18.0. The van der Waals surface area contributed by atoms with Crippen LogP contribution in [0.3, 0.4) is 0 Å². The minimum atomic E-state index is -1.04. The van der Waals surface area contributed by atoms with Crippen LogP contribution in [-0.4, -0.2) is 44.8 Å². The molecule has 32 heavy (non-hydrogen) atoms. The van der Waals surface area contributed by atoms with Crippen LogP contribution in [0.2, 0.25) is 0 Å². The minimum Gasteiger partial charge on any atom is -0.478 e. The largest absolute Gasteiger partial charge is 0.478 e. The maximum absolute atomic E-state index is 12.1. The Hall–Kier alpha value is -3.46. The molecular weight excluding hydrogens is 428 g/mol. The molecule has 8 nitrogen and oxygen atoms in total. The van der Waals surface area contributed by atoms with Gasteiger partial charge in [0.1, 0.15) is 21.5 Å². The lowest BCUT2D eigenvalue weighted by Crippen LogP contribution is -2.28. The third kappa shape index (κ3) is 4.72. The summed E-state index contributed by atoms with van der Waals surface area (Å²) >= 11 is 1.56. The number of carbonyl (C=O) groups is 2. The SMILES string of the molecule is CC1CN(Cc2ccc(C(=O)O)cc2Oc2ccc(-c3nnc(C(C)C)s3)cc2)C(=O)N1. The van der Waals surface area contributed by atoms with Gasteiger partial charge in [0.25, 0.3) is 0 Å². The van der Waals surface area contributed by atoms with E-state index < -0.39 is 5.97 Å². The van der Waals surface area contributed by atoms with Gasteiger partial charge in [-0.3, -0.25) is 0 Å². The molecule has 3 aromatic rings. The fraction of sp³-hybridized carbons (Fsp3) is 0.304. The zero-order valence-corrected chi connectivity index (χ0v) is 18.8. The second kappa shape index (κ2) is 8.96. The summed E-state index contributed by atoms with van der Waals surface area (Å²) in [6.07, 6.45) is 0. The Labute approximate surface area is 189 Å². The van der Waals surface area contributed by atoms with Crippen molar-refractivity contribution in [3.8, 4) is 22.1 Å². The van der Waals surface area contributed by atoms with Crippen molar-refractivity contribution >= 4 is 23.3 Å². The van der Waals surface area contributed by atoms with Crippen molar-refractivity contribution in [1.82, 2.24) is 20.4 Å². The highest BCUT2D eigenvalue weighted by Crippen LogP contribution is 2.32. The second-order valence-corrected chi connectivity index (χ2v) is 9.09. The molecule has 4 rings (SSSR count). The predicted molar refractivity (Wildman–Crippen MR) is 121 cm³/mol. The summed E-state index contributed by atoms with van der Waals surface area (Å²) in [7, 11) is 0. The molecule has 2 aromatic carbocycles. The summed E-state index contributed by atoms with van der Waals surface area (Å²) in [5.74, 6) is 0.249. The number of hydrogen-bond acceptors (Lipinski definition) is 6. The van der Waals surface area contributed by atoms with E-state index in [2.05, 4.69) is 29.4 Å². The Morgan fingerprint density at radius 2 is 2.00 bits per heavy atom. The van der Waals surface area contributed by atoms with E-state index in [1.807, 2.05) is 31.2 Å². The van der Waals surface area contributed by atoms with E-state index in [-0.39, 0.29) is 17.6 Å². The monoisotopic (exact) mass is 452 g/mol. The molecule has 1 aromatic heterocycles. The van der Waals surface area contributed by atoms with E-state index in [0.29, 0.717) is 30.5 Å². The van der Waals surface area contributed by atoms with Crippen molar-refractivity contribution in [1.29, 1.82) is 0 Å². The predicted octanol–water partition coefficient (Wildman–Crippen LogP) is 4.73. The topological polar surface area (TPSA) is 105 Å². The van der Waals surface area contributed by atoms with E-state index in [1.165, 1.54) is 12.1 Å². The number of ether oxygens (including phenoxy) is 1. The molecule has 1 fully saturated rings. The van der Waals surface area contributed by atoms with Crippen LogP contribution in [0, 0.1) is 0 Å². The Bertz CT molecular complexity index is 1140. The highest BCUT2D eigenvalue weighted by molar-refractivity contribution is 7.14. The molecule has 0 aliphatic carbocycles. The third-order valence-corrected chi connectivity index (χ3v) is 6.36. The van der Waals surface area contributed by atoms with Crippen LogP contribution in [-0.2, 0) is 6.54 Å². The maximum Gasteiger partial charge on any atom is 0.335 e. The Morgan fingerprint density at radius 1 is 1.25 bits per heavy atom. The molecule has 0 saturated carbocycles. The van der Waals surface area contributed by atoms with Gasteiger partial charge in [-0.2, -0.15) is 0 Å². The van der Waals surface area contributed by atoms with Crippen molar-refractivity contribution in [2.24, 2.45) is 0 Å². The van der Waals surface area contributed by atoms with E-state index in [4.69, 9.17) is 4.74 Å². The molecule has 2 heterocycles. The van der Waals surface area contributed by atoms with Crippen LogP contribution >= 0.6 is 11.3 Å². The summed E-state index contributed by atoms with van der Waals surface area (Å²) < 4.78 is 6.05. The number of benzene rings is 2. The maximum atomic E-state index is 12.1. The van der Waals surface area contributed by atoms with Gasteiger partial charge in [-0.05, 0) is 43.3 Å². The number of nitrogens with zero attached hydrogens (tertiary/aromatic N) is 3. The fourth-order valence-electron chi connectivity index (χ4n) is 3.39. The summed E-state index contributed by atoms with van der Waals surface area (Å²) in [5.41, 5.74) is 1.78. The summed E-state index contributed by atoms with van der Waals surface area (Å²) in [6, 6.07) is 12.0. The Morgan fingerprint density at radius 3 is 2.59 bits per heavy atom. The van der Waals surface area contributed by atoms with Crippen molar-refractivity contribution in [3.05, 3.63) is 58.6 Å². The number of carboxylic acid groups (broad SMARTS) is 1. The average molecular weight is 453 g/mol. The van der Waals surface area contributed by atoms with Gasteiger partial charge in [0.2, 0.25) is 0 Å². The first-order valence-electron chi connectivity index (χ1n) is 10.3. The van der Waals surface area contributed by atoms with E-state index >= 15 is 0 Å². The molecule has 0 bridgehead atoms. The second-order valence-electron chi connectivity index (χ2n) is 8.09. The summed E-state index contributed by atoms with van der Waals surface area (Å²) in [4.78, 5) is 25.3. The van der Waals surface area contributed by atoms with Crippen LogP contribution in [0.4, 0.5) is 4.79 Å². The minimum absolute atomic E-state index is 0.0641. The van der Waals surface area contributed by atoms with Crippen LogP contribution in [0.25, 0.3) is 10.6 Å². The summed E-state index contributed by atoms with van der Waals surface area (Å²) in [6.45, 7) is 7.00. The van der Waals surface area contributed by atoms with Gasteiger partial charge in [0.05, 0.1) is 12.1 Å². The number of amides is 2. The number of urea groups is 1. The van der Waals surface area contributed by atoms with Crippen LogP contribution < -0.4 is 10.1 Å². The molecule has 1 saturated heterocycles. The molecule has 2 amide bonds. The van der Waals surface area contributed by atoms with Gasteiger partial charge < -0.3 is 20.1 Å². The zero-order chi connectivity index (χ0) is 22.8.